The summed E-state index contributed by atoms with van der Waals surface area (Å²) in [7, 11) is 0. The molecule has 0 fully saturated rings. The molecule has 0 aliphatic heterocycles. The topological polar surface area (TPSA) is 98.7 Å². The van der Waals surface area contributed by atoms with Crippen molar-refractivity contribution >= 4 is 11.8 Å². The van der Waals surface area contributed by atoms with E-state index in [9.17, 15) is 19.8 Å². The Morgan fingerprint density at radius 3 is 0.969 bits per heavy atom. The van der Waals surface area contributed by atoms with Crippen molar-refractivity contribution in [1.82, 2.24) is 10.6 Å². The zero-order chi connectivity index (χ0) is 25.4. The lowest BCUT2D eigenvalue weighted by Gasteiger charge is -2.45. The molecule has 4 N–H and O–H groups in total. The zero-order valence-corrected chi connectivity index (χ0v) is 22.5. The van der Waals surface area contributed by atoms with Gasteiger partial charge in [0, 0.05) is 0 Å². The molecule has 0 saturated carbocycles. The Morgan fingerprint density at radius 1 is 0.594 bits per heavy atom. The summed E-state index contributed by atoms with van der Waals surface area (Å²) >= 11 is 0. The number of nitrogens with one attached hydrogen (secondary N) is 2. The number of carbonyl (C=O) groups is 2. The molecule has 0 aromatic carbocycles. The van der Waals surface area contributed by atoms with Gasteiger partial charge < -0.3 is 20.8 Å². The lowest BCUT2D eigenvalue weighted by molar-refractivity contribution is -0.145. The quantitative estimate of drug-likeness (QED) is 0.320. The fourth-order valence-corrected chi connectivity index (χ4v) is 5.27. The van der Waals surface area contributed by atoms with Gasteiger partial charge in [-0.15, -0.1) is 0 Å². The van der Waals surface area contributed by atoms with E-state index in [1.807, 2.05) is 69.2 Å². The summed E-state index contributed by atoms with van der Waals surface area (Å²) in [6.45, 7) is 19.8. The number of aliphatic hydroxyl groups is 2. The Morgan fingerprint density at radius 2 is 0.812 bits per heavy atom. The molecule has 190 valence electrons. The first-order valence-electron chi connectivity index (χ1n) is 12.6. The average Bonchev–Trinajstić information content (AvgIpc) is 2.62. The predicted molar refractivity (Wildman–Crippen MR) is 132 cm³/mol. The standard InChI is InChI=1S/C26H52N2O4/c1-11-15-25(31,16-12-2)21(23(5,6)7)27-19(29)20(30)28-22(24(8,9)10)26(32,17-13-3)18-14-4/h21-22,31-32H,11-18H2,1-10H3,(H,27,29)(H,28,30)/t21-,22-/m1/s1. The van der Waals surface area contributed by atoms with Crippen molar-refractivity contribution in [3.8, 4) is 0 Å². The Labute approximate surface area is 197 Å². The van der Waals surface area contributed by atoms with Gasteiger partial charge in [0.1, 0.15) is 0 Å². The SMILES string of the molecule is CCCC(O)(CCC)[C@H](NC(=O)C(=O)N[C@H](C(C)(C)C)C(O)(CCC)CCC)C(C)(C)C. The van der Waals surface area contributed by atoms with Crippen LogP contribution in [0, 0.1) is 10.8 Å². The molecule has 0 radical (unpaired) electrons. The molecule has 0 saturated heterocycles. The number of rotatable bonds is 12. The maximum atomic E-state index is 13.0. The van der Waals surface area contributed by atoms with Crippen molar-refractivity contribution in [1.29, 1.82) is 0 Å². The second kappa shape index (κ2) is 12.4. The Bertz CT molecular complexity index is 526. The molecule has 6 heteroatoms. The van der Waals surface area contributed by atoms with E-state index in [1.165, 1.54) is 0 Å². The highest BCUT2D eigenvalue weighted by Gasteiger charge is 2.46. The highest BCUT2D eigenvalue weighted by atomic mass is 16.3. The van der Waals surface area contributed by atoms with E-state index >= 15 is 0 Å². The summed E-state index contributed by atoms with van der Waals surface area (Å²) in [4.78, 5) is 26.1. The maximum absolute atomic E-state index is 13.0. The molecule has 32 heavy (non-hydrogen) atoms. The molecule has 0 rings (SSSR count). The lowest BCUT2D eigenvalue weighted by atomic mass is 9.72. The van der Waals surface area contributed by atoms with Crippen LogP contribution in [0.5, 0.6) is 0 Å². The number of amides is 2. The summed E-state index contributed by atoms with van der Waals surface area (Å²) in [5, 5.41) is 28.6. The van der Waals surface area contributed by atoms with Crippen LogP contribution >= 0.6 is 0 Å². The third kappa shape index (κ3) is 8.66. The molecular formula is C26H52N2O4. The third-order valence-corrected chi connectivity index (χ3v) is 6.30. The second-order valence-electron chi connectivity index (χ2n) is 11.8. The molecule has 0 heterocycles. The van der Waals surface area contributed by atoms with Crippen molar-refractivity contribution in [2.75, 3.05) is 0 Å². The van der Waals surface area contributed by atoms with Gasteiger partial charge in [0.25, 0.3) is 0 Å². The normalized spacial score (nSPS) is 15.2. The minimum absolute atomic E-state index is 0.441. The molecule has 2 amide bonds. The highest BCUT2D eigenvalue weighted by molar-refractivity contribution is 6.35. The first-order valence-corrected chi connectivity index (χ1v) is 12.6. The fourth-order valence-electron chi connectivity index (χ4n) is 5.27. The van der Waals surface area contributed by atoms with E-state index in [4.69, 9.17) is 0 Å². The van der Waals surface area contributed by atoms with Crippen LogP contribution in [0.25, 0.3) is 0 Å². The molecule has 0 aliphatic carbocycles. The highest BCUT2D eigenvalue weighted by Crippen LogP contribution is 2.36. The third-order valence-electron chi connectivity index (χ3n) is 6.30. The molecule has 0 aromatic heterocycles. The van der Waals surface area contributed by atoms with E-state index in [-0.39, 0.29) is 0 Å². The average molecular weight is 457 g/mol. The van der Waals surface area contributed by atoms with Gasteiger partial charge >= 0.3 is 11.8 Å². The Balaban J connectivity index is 5.88. The van der Waals surface area contributed by atoms with Crippen molar-refractivity contribution < 1.29 is 19.8 Å². The van der Waals surface area contributed by atoms with Crippen LogP contribution in [0.2, 0.25) is 0 Å². The summed E-state index contributed by atoms with van der Waals surface area (Å²) in [6.07, 6.45) is 5.28. The van der Waals surface area contributed by atoms with Crippen molar-refractivity contribution in [2.24, 2.45) is 10.8 Å². The van der Waals surface area contributed by atoms with Crippen LogP contribution < -0.4 is 10.6 Å². The second-order valence-corrected chi connectivity index (χ2v) is 11.8. The minimum Gasteiger partial charge on any atom is -0.388 e. The molecule has 0 unspecified atom stereocenters. The summed E-state index contributed by atoms with van der Waals surface area (Å²) in [5.41, 5.74) is -3.06. The van der Waals surface area contributed by atoms with E-state index in [2.05, 4.69) is 10.6 Å². The first-order chi connectivity index (χ1) is 14.5. The minimum atomic E-state index is -1.09. The number of carbonyl (C=O) groups excluding carboxylic acids is 2. The Kier molecular flexibility index (Phi) is 11.9. The first kappa shape index (κ1) is 30.9. The molecule has 0 aromatic rings. The van der Waals surface area contributed by atoms with Crippen molar-refractivity contribution in [3.63, 3.8) is 0 Å². The molecule has 0 bridgehead atoms. The number of hydrogen-bond acceptors (Lipinski definition) is 4. The molecule has 2 atom stereocenters. The van der Waals surface area contributed by atoms with Crippen molar-refractivity contribution in [2.45, 2.75) is 144 Å². The number of hydrogen-bond donors (Lipinski definition) is 4. The van der Waals surface area contributed by atoms with Crippen LogP contribution in [0.4, 0.5) is 0 Å². The van der Waals surface area contributed by atoms with Crippen LogP contribution in [-0.4, -0.2) is 45.3 Å². The predicted octanol–water partition coefficient (Wildman–Crippen LogP) is 4.71. The molecule has 6 nitrogen and oxygen atoms in total. The van der Waals surface area contributed by atoms with Gasteiger partial charge in [0.05, 0.1) is 23.3 Å². The molecule has 0 spiro atoms. The molecule has 0 aliphatic rings. The van der Waals surface area contributed by atoms with Crippen LogP contribution in [0.3, 0.4) is 0 Å². The zero-order valence-electron chi connectivity index (χ0n) is 22.5. The van der Waals surface area contributed by atoms with Gasteiger partial charge in [-0.1, -0.05) is 94.9 Å². The summed E-state index contributed by atoms with van der Waals surface area (Å²) in [5.74, 6) is -1.53. The fraction of sp³-hybridized carbons (Fsp3) is 0.923. The van der Waals surface area contributed by atoms with Crippen LogP contribution in [-0.2, 0) is 9.59 Å². The van der Waals surface area contributed by atoms with Gasteiger partial charge in [-0.05, 0) is 36.5 Å². The summed E-state index contributed by atoms with van der Waals surface area (Å²) in [6, 6.07) is -1.15. The lowest BCUT2D eigenvalue weighted by Crippen LogP contribution is -2.64. The molecular weight excluding hydrogens is 404 g/mol. The summed E-state index contributed by atoms with van der Waals surface area (Å²) < 4.78 is 0. The van der Waals surface area contributed by atoms with Gasteiger partial charge in [-0.25, -0.2) is 0 Å². The largest absolute Gasteiger partial charge is 0.388 e. The van der Waals surface area contributed by atoms with Crippen molar-refractivity contribution in [3.05, 3.63) is 0 Å². The Hall–Kier alpha value is -1.14. The van der Waals surface area contributed by atoms with E-state index in [0.29, 0.717) is 25.7 Å². The smallest absolute Gasteiger partial charge is 0.309 e. The van der Waals surface area contributed by atoms with Crippen LogP contribution in [0.1, 0.15) is 121 Å². The van der Waals surface area contributed by atoms with Crippen LogP contribution in [0.15, 0.2) is 0 Å². The van der Waals surface area contributed by atoms with E-state index < -0.39 is 45.9 Å². The van der Waals surface area contributed by atoms with E-state index in [1.54, 1.807) is 0 Å². The maximum Gasteiger partial charge on any atom is 0.309 e. The van der Waals surface area contributed by atoms with Gasteiger partial charge in [0.15, 0.2) is 0 Å². The van der Waals surface area contributed by atoms with Gasteiger partial charge in [-0.2, -0.15) is 0 Å². The van der Waals surface area contributed by atoms with Gasteiger partial charge in [-0.3, -0.25) is 9.59 Å². The van der Waals surface area contributed by atoms with Gasteiger partial charge in [0.2, 0.25) is 0 Å². The van der Waals surface area contributed by atoms with E-state index in [0.717, 1.165) is 25.7 Å². The monoisotopic (exact) mass is 456 g/mol.